The van der Waals surface area contributed by atoms with Gasteiger partial charge in [0.15, 0.2) is 12.6 Å². The third-order valence-electron chi connectivity index (χ3n) is 7.31. The standard InChI is InChI=1S/C23H42O6P4/c1-4-22(2,3)23(26-16-27-23)14-13-18-17(19(24)15-20(18)28-30)11-9-7-5-6-8-10-12-21(25)29-33(31)32/h7,9,17-18,20H,4-6,8,10-16,30-32H2,1-3H3/b9-7-/t17?,18-,20?/m1/s1. The van der Waals surface area contributed by atoms with E-state index in [0.29, 0.717) is 19.6 Å². The van der Waals surface area contributed by atoms with E-state index in [0.717, 1.165) is 51.4 Å². The monoisotopic (exact) mass is 538 g/mol. The molecule has 2 fully saturated rings. The lowest BCUT2D eigenvalue weighted by molar-refractivity contribution is -0.439. The molecule has 0 aromatic carbocycles. The zero-order chi connectivity index (χ0) is 24.5. The van der Waals surface area contributed by atoms with Gasteiger partial charge in [0.25, 0.3) is 0 Å². The fourth-order valence-corrected chi connectivity index (χ4v) is 6.10. The highest BCUT2D eigenvalue weighted by atomic mass is 32.4. The number of carbonyl (C=O) groups is 2. The van der Waals surface area contributed by atoms with Crippen LogP contribution in [0.2, 0.25) is 0 Å². The summed E-state index contributed by atoms with van der Waals surface area (Å²) in [5.41, 5.74) is -0.0784. The first-order valence-electron chi connectivity index (χ1n) is 12.0. The van der Waals surface area contributed by atoms with Crippen LogP contribution in [0.5, 0.6) is 0 Å². The van der Waals surface area contributed by atoms with Crippen molar-refractivity contribution in [2.75, 3.05) is 6.79 Å². The number of unbranched alkanes of at least 4 members (excludes halogenated alkanes) is 3. The van der Waals surface area contributed by atoms with Gasteiger partial charge in [0.2, 0.25) is 0 Å². The van der Waals surface area contributed by atoms with Gasteiger partial charge in [0, 0.05) is 40.1 Å². The molecule has 0 amide bonds. The van der Waals surface area contributed by atoms with Crippen molar-refractivity contribution in [1.29, 1.82) is 0 Å². The SMILES string of the molecule is CCC(C)(C)C1(CC[C@H]2C(OP)CC(=O)C2C/C=C\CCCCCC(=O)OP(P)P)OCO1. The maximum atomic E-state index is 12.7. The van der Waals surface area contributed by atoms with Crippen LogP contribution in [0.3, 0.4) is 0 Å². The molecule has 2 rings (SSSR count). The molecule has 0 spiro atoms. The summed E-state index contributed by atoms with van der Waals surface area (Å²) in [7, 11) is 6.55. The quantitative estimate of drug-likeness (QED) is 0.131. The number of ether oxygens (including phenoxy) is 2. The van der Waals surface area contributed by atoms with Crippen LogP contribution in [0, 0.1) is 17.3 Å². The van der Waals surface area contributed by atoms with Crippen molar-refractivity contribution in [3.05, 3.63) is 12.2 Å². The Morgan fingerprint density at radius 3 is 2.55 bits per heavy atom. The first-order chi connectivity index (χ1) is 15.7. The van der Waals surface area contributed by atoms with Gasteiger partial charge in [-0.15, -0.1) is 0 Å². The van der Waals surface area contributed by atoms with Crippen molar-refractivity contribution in [3.63, 3.8) is 0 Å². The fraction of sp³-hybridized carbons (Fsp3) is 0.826. The van der Waals surface area contributed by atoms with Crippen LogP contribution in [-0.2, 0) is 28.1 Å². The highest BCUT2D eigenvalue weighted by Crippen LogP contribution is 2.54. The second-order valence-corrected chi connectivity index (χ2v) is 15.7. The highest BCUT2D eigenvalue weighted by Gasteiger charge is 2.53. The molecule has 6 nitrogen and oxygen atoms in total. The number of rotatable bonds is 15. The smallest absolute Gasteiger partial charge is 0.309 e. The van der Waals surface area contributed by atoms with Gasteiger partial charge in [-0.25, -0.2) is 0 Å². The van der Waals surface area contributed by atoms with Crippen molar-refractivity contribution >= 4 is 46.6 Å². The number of hydrogen-bond donors (Lipinski definition) is 0. The Bertz CT molecular complexity index is 665. The molecule has 1 saturated carbocycles. The molecule has 33 heavy (non-hydrogen) atoms. The molecule has 1 aliphatic carbocycles. The molecular formula is C23H42O6P4. The minimum atomic E-state index is -0.783. The van der Waals surface area contributed by atoms with E-state index in [1.54, 1.807) is 0 Å². The third kappa shape index (κ3) is 8.53. The van der Waals surface area contributed by atoms with E-state index in [2.05, 4.69) is 60.2 Å². The van der Waals surface area contributed by atoms with E-state index in [1.807, 2.05) is 0 Å². The Kier molecular flexibility index (Phi) is 12.9. The van der Waals surface area contributed by atoms with Crippen molar-refractivity contribution in [1.82, 2.24) is 0 Å². The van der Waals surface area contributed by atoms with Crippen molar-refractivity contribution in [3.8, 4) is 0 Å². The molecule has 2 aliphatic rings. The molecule has 0 radical (unpaired) electrons. The summed E-state index contributed by atoms with van der Waals surface area (Å²) in [5.74, 6) is -0.239. The van der Waals surface area contributed by atoms with Crippen molar-refractivity contribution in [2.24, 2.45) is 17.3 Å². The summed E-state index contributed by atoms with van der Waals surface area (Å²) >= 11 is 0. The predicted octanol–water partition coefficient (Wildman–Crippen LogP) is 6.70. The Hall–Kier alpha value is 0.480. The maximum absolute atomic E-state index is 12.7. The maximum Gasteiger partial charge on any atom is 0.309 e. The summed E-state index contributed by atoms with van der Waals surface area (Å²) in [6.07, 6.45) is 12.4. The van der Waals surface area contributed by atoms with Crippen molar-refractivity contribution < 1.29 is 28.1 Å². The predicted molar refractivity (Wildman–Crippen MR) is 144 cm³/mol. The summed E-state index contributed by atoms with van der Waals surface area (Å²) in [4.78, 5) is 24.3. The number of Topliss-reactive ketones (excluding diaryl/α,β-unsaturated/α-hetero) is 1. The van der Waals surface area contributed by atoms with Crippen LogP contribution in [0.1, 0.15) is 85.0 Å². The van der Waals surface area contributed by atoms with Gasteiger partial charge in [-0.3, -0.25) is 9.59 Å². The van der Waals surface area contributed by atoms with Crippen LogP contribution in [0.25, 0.3) is 0 Å². The van der Waals surface area contributed by atoms with Gasteiger partial charge in [-0.05, 0) is 44.4 Å². The van der Waals surface area contributed by atoms with Crippen LogP contribution in [0.4, 0.5) is 0 Å². The summed E-state index contributed by atoms with van der Waals surface area (Å²) in [6, 6.07) is 0. The van der Waals surface area contributed by atoms with Gasteiger partial charge >= 0.3 is 5.97 Å². The van der Waals surface area contributed by atoms with Gasteiger partial charge in [-0.1, -0.05) is 57.2 Å². The van der Waals surface area contributed by atoms with Gasteiger partial charge in [0.1, 0.15) is 13.3 Å². The molecule has 0 bridgehead atoms. The first-order valence-corrected chi connectivity index (χ1v) is 16.9. The molecule has 0 aromatic heterocycles. The molecule has 1 aliphatic heterocycles. The average molecular weight is 538 g/mol. The van der Waals surface area contributed by atoms with Crippen LogP contribution < -0.4 is 0 Å². The van der Waals surface area contributed by atoms with E-state index in [4.69, 9.17) is 18.5 Å². The Morgan fingerprint density at radius 2 is 1.97 bits per heavy atom. The molecule has 10 heteroatoms. The molecule has 1 heterocycles. The van der Waals surface area contributed by atoms with Crippen LogP contribution >= 0.6 is 34.8 Å². The average Bonchev–Trinajstić information content (AvgIpc) is 3.03. The zero-order valence-electron chi connectivity index (χ0n) is 20.3. The lowest BCUT2D eigenvalue weighted by Gasteiger charge is -2.52. The molecule has 0 aromatic rings. The minimum absolute atomic E-state index is 0.0165. The molecule has 5 unspecified atom stereocenters. The van der Waals surface area contributed by atoms with Crippen molar-refractivity contribution in [2.45, 2.75) is 96.9 Å². The normalized spacial score (nSPS) is 25.1. The molecule has 1 saturated heterocycles. The lowest BCUT2D eigenvalue weighted by Crippen LogP contribution is -2.57. The lowest BCUT2D eigenvalue weighted by atomic mass is 9.75. The largest absolute Gasteiger partial charge is 0.437 e. The summed E-state index contributed by atoms with van der Waals surface area (Å²) in [6.45, 7) is 6.87. The molecule has 0 N–H and O–H groups in total. The van der Waals surface area contributed by atoms with E-state index in [1.165, 1.54) is 0 Å². The second kappa shape index (κ2) is 14.3. The molecular weight excluding hydrogens is 496 g/mol. The number of carbonyl (C=O) groups excluding carboxylic acids is 2. The first kappa shape index (κ1) is 29.7. The van der Waals surface area contributed by atoms with Gasteiger partial charge in [-0.2, -0.15) is 0 Å². The minimum Gasteiger partial charge on any atom is -0.437 e. The van der Waals surface area contributed by atoms with E-state index in [-0.39, 0.29) is 35.1 Å². The number of hydrogen-bond acceptors (Lipinski definition) is 6. The van der Waals surface area contributed by atoms with Crippen LogP contribution in [-0.4, -0.2) is 30.4 Å². The summed E-state index contributed by atoms with van der Waals surface area (Å²) in [5, 5.41) is 0. The number of ketones is 1. The highest BCUT2D eigenvalue weighted by molar-refractivity contribution is 8.41. The van der Waals surface area contributed by atoms with Gasteiger partial charge < -0.3 is 18.5 Å². The van der Waals surface area contributed by atoms with E-state index < -0.39 is 13.3 Å². The fourth-order valence-electron chi connectivity index (χ4n) is 4.77. The Labute approximate surface area is 207 Å². The van der Waals surface area contributed by atoms with Crippen LogP contribution in [0.15, 0.2) is 12.2 Å². The van der Waals surface area contributed by atoms with E-state index in [9.17, 15) is 9.59 Å². The molecule has 6 atom stereocenters. The topological polar surface area (TPSA) is 71.1 Å². The summed E-state index contributed by atoms with van der Waals surface area (Å²) < 4.78 is 22.7. The zero-order valence-corrected chi connectivity index (χ0v) is 24.7. The Morgan fingerprint density at radius 1 is 1.24 bits per heavy atom. The second-order valence-electron chi connectivity index (χ2n) is 9.68. The van der Waals surface area contributed by atoms with E-state index >= 15 is 0 Å². The molecule has 190 valence electrons. The van der Waals surface area contributed by atoms with Gasteiger partial charge in [0.05, 0.1) is 6.10 Å². The number of allylic oxidation sites excluding steroid dienone is 2. The Balaban J connectivity index is 1.79. The third-order valence-corrected chi connectivity index (χ3v) is 8.70.